The second-order valence-corrected chi connectivity index (χ2v) is 5.42. The lowest BCUT2D eigenvalue weighted by Gasteiger charge is -2.30. The summed E-state index contributed by atoms with van der Waals surface area (Å²) in [4.78, 5) is 35.7. The van der Waals surface area contributed by atoms with Crippen molar-refractivity contribution in [3.05, 3.63) is 0 Å². The summed E-state index contributed by atoms with van der Waals surface area (Å²) in [6.45, 7) is 1.63. The first-order chi connectivity index (χ1) is 9.58. The number of piperidine rings is 1. The number of likely N-dealkylation sites (tertiary alicyclic amines) is 1. The van der Waals surface area contributed by atoms with Crippen LogP contribution < -0.4 is 10.6 Å². The molecule has 3 N–H and O–H groups in total. The van der Waals surface area contributed by atoms with E-state index in [1.807, 2.05) is 0 Å². The van der Waals surface area contributed by atoms with E-state index in [1.54, 1.807) is 0 Å². The highest BCUT2D eigenvalue weighted by Crippen LogP contribution is 2.28. The fourth-order valence-corrected chi connectivity index (χ4v) is 2.32. The molecule has 2 rings (SSSR count). The Labute approximate surface area is 117 Å². The Bertz CT molecular complexity index is 395. The van der Waals surface area contributed by atoms with Gasteiger partial charge in [-0.05, 0) is 25.7 Å². The summed E-state index contributed by atoms with van der Waals surface area (Å²) in [5.41, 5.74) is 0. The van der Waals surface area contributed by atoms with Gasteiger partial charge in [-0.3, -0.25) is 9.59 Å². The largest absolute Gasteiger partial charge is 0.481 e. The third kappa shape index (κ3) is 4.11. The molecular weight excluding hydrogens is 262 g/mol. The van der Waals surface area contributed by atoms with Crippen LogP contribution in [-0.4, -0.2) is 54.1 Å². The van der Waals surface area contributed by atoms with E-state index in [-0.39, 0.29) is 24.4 Å². The van der Waals surface area contributed by atoms with E-state index in [2.05, 4.69) is 10.6 Å². The first kappa shape index (κ1) is 14.6. The molecular formula is C13H21N3O4. The summed E-state index contributed by atoms with van der Waals surface area (Å²) in [5.74, 6) is -1.09. The van der Waals surface area contributed by atoms with Gasteiger partial charge in [-0.2, -0.15) is 0 Å². The second kappa shape index (κ2) is 6.58. The lowest BCUT2D eigenvalue weighted by molar-refractivity contribution is -0.143. The molecule has 112 valence electrons. The standard InChI is InChI=1S/C13H21N3O4/c17-11(9-3-4-9)14-5-6-15-13(20)16-7-1-2-10(8-16)12(18)19/h9-10H,1-8H2,(H,14,17)(H,15,20)(H,18,19)/t10-/m1/s1. The Morgan fingerprint density at radius 3 is 2.40 bits per heavy atom. The number of amides is 3. The van der Waals surface area contributed by atoms with E-state index in [9.17, 15) is 14.4 Å². The van der Waals surface area contributed by atoms with Gasteiger partial charge in [-0.25, -0.2) is 4.79 Å². The normalized spacial score (nSPS) is 22.2. The summed E-state index contributed by atoms with van der Waals surface area (Å²) in [5, 5.41) is 14.4. The predicted molar refractivity (Wildman–Crippen MR) is 71.1 cm³/mol. The molecule has 1 aliphatic carbocycles. The SMILES string of the molecule is O=C(NCCNC(=O)N1CCC[C@@H](C(=O)O)C1)C1CC1. The summed E-state index contributed by atoms with van der Waals surface area (Å²) in [6.07, 6.45) is 3.25. The number of carbonyl (C=O) groups is 3. The van der Waals surface area contributed by atoms with Crippen LogP contribution in [0.2, 0.25) is 0 Å². The van der Waals surface area contributed by atoms with Gasteiger partial charge in [0.25, 0.3) is 0 Å². The summed E-state index contributed by atoms with van der Waals surface area (Å²) in [6, 6.07) is -0.253. The number of hydrogen-bond donors (Lipinski definition) is 3. The highest BCUT2D eigenvalue weighted by Gasteiger charge is 2.29. The van der Waals surface area contributed by atoms with Crippen molar-refractivity contribution in [2.45, 2.75) is 25.7 Å². The Morgan fingerprint density at radius 2 is 1.75 bits per heavy atom. The number of aliphatic carboxylic acids is 1. The van der Waals surface area contributed by atoms with Crippen molar-refractivity contribution in [2.75, 3.05) is 26.2 Å². The maximum absolute atomic E-state index is 11.9. The minimum atomic E-state index is -0.848. The van der Waals surface area contributed by atoms with Gasteiger partial charge in [0.15, 0.2) is 0 Å². The molecule has 2 aliphatic rings. The molecule has 0 aromatic carbocycles. The maximum Gasteiger partial charge on any atom is 0.317 e. The molecule has 0 bridgehead atoms. The molecule has 20 heavy (non-hydrogen) atoms. The lowest BCUT2D eigenvalue weighted by atomic mass is 9.99. The molecule has 0 aromatic heterocycles. The number of nitrogens with one attached hydrogen (secondary N) is 2. The average Bonchev–Trinajstić information content (AvgIpc) is 3.27. The molecule has 7 nitrogen and oxygen atoms in total. The summed E-state index contributed by atoms with van der Waals surface area (Å²) < 4.78 is 0. The maximum atomic E-state index is 11.9. The van der Waals surface area contributed by atoms with Crippen LogP contribution >= 0.6 is 0 Å². The Balaban J connectivity index is 1.63. The highest BCUT2D eigenvalue weighted by atomic mass is 16.4. The van der Waals surface area contributed by atoms with Crippen molar-refractivity contribution in [3.63, 3.8) is 0 Å². The molecule has 3 amide bonds. The zero-order valence-electron chi connectivity index (χ0n) is 11.4. The number of carbonyl (C=O) groups excluding carboxylic acids is 2. The van der Waals surface area contributed by atoms with Crippen molar-refractivity contribution < 1.29 is 19.5 Å². The second-order valence-electron chi connectivity index (χ2n) is 5.42. The minimum absolute atomic E-state index is 0.0585. The van der Waals surface area contributed by atoms with Crippen LogP contribution in [0.4, 0.5) is 4.79 Å². The third-order valence-corrected chi connectivity index (χ3v) is 3.71. The van der Waals surface area contributed by atoms with Crippen LogP contribution in [0, 0.1) is 11.8 Å². The topological polar surface area (TPSA) is 98.7 Å². The number of carboxylic acid groups (broad SMARTS) is 1. The predicted octanol–water partition coefficient (Wildman–Crippen LogP) is 0.0188. The quantitative estimate of drug-likeness (QED) is 0.619. The fraction of sp³-hybridized carbons (Fsp3) is 0.769. The van der Waals surface area contributed by atoms with Crippen molar-refractivity contribution in [2.24, 2.45) is 11.8 Å². The van der Waals surface area contributed by atoms with Gasteiger partial charge in [0.05, 0.1) is 5.92 Å². The average molecular weight is 283 g/mol. The van der Waals surface area contributed by atoms with Gasteiger partial charge in [-0.1, -0.05) is 0 Å². The molecule has 0 radical (unpaired) electrons. The van der Waals surface area contributed by atoms with E-state index in [0.717, 1.165) is 12.8 Å². The van der Waals surface area contributed by atoms with Crippen molar-refractivity contribution in [1.82, 2.24) is 15.5 Å². The van der Waals surface area contributed by atoms with E-state index < -0.39 is 11.9 Å². The molecule has 1 heterocycles. The van der Waals surface area contributed by atoms with Gasteiger partial charge < -0.3 is 20.6 Å². The van der Waals surface area contributed by atoms with Crippen LogP contribution in [0.1, 0.15) is 25.7 Å². The molecule has 7 heteroatoms. The first-order valence-corrected chi connectivity index (χ1v) is 7.11. The number of hydrogen-bond acceptors (Lipinski definition) is 3. The van der Waals surface area contributed by atoms with Gasteiger partial charge in [0.2, 0.25) is 5.91 Å². The Morgan fingerprint density at radius 1 is 1.05 bits per heavy atom. The Kier molecular flexibility index (Phi) is 4.81. The van der Waals surface area contributed by atoms with Crippen LogP contribution in [0.25, 0.3) is 0 Å². The fourth-order valence-electron chi connectivity index (χ4n) is 2.32. The number of urea groups is 1. The molecule has 2 fully saturated rings. The summed E-state index contributed by atoms with van der Waals surface area (Å²) >= 11 is 0. The minimum Gasteiger partial charge on any atom is -0.481 e. The number of nitrogens with zero attached hydrogens (tertiary/aromatic N) is 1. The van der Waals surface area contributed by atoms with E-state index in [0.29, 0.717) is 32.5 Å². The van der Waals surface area contributed by atoms with Gasteiger partial charge in [0, 0.05) is 32.1 Å². The number of rotatable bonds is 5. The van der Waals surface area contributed by atoms with Crippen molar-refractivity contribution in [3.8, 4) is 0 Å². The highest BCUT2D eigenvalue weighted by molar-refractivity contribution is 5.81. The van der Waals surface area contributed by atoms with Crippen LogP contribution in [0.5, 0.6) is 0 Å². The van der Waals surface area contributed by atoms with Gasteiger partial charge in [0.1, 0.15) is 0 Å². The Hall–Kier alpha value is -1.79. The van der Waals surface area contributed by atoms with Gasteiger partial charge >= 0.3 is 12.0 Å². The van der Waals surface area contributed by atoms with Crippen LogP contribution in [-0.2, 0) is 9.59 Å². The monoisotopic (exact) mass is 283 g/mol. The molecule has 0 spiro atoms. The zero-order chi connectivity index (χ0) is 14.5. The third-order valence-electron chi connectivity index (χ3n) is 3.71. The smallest absolute Gasteiger partial charge is 0.317 e. The molecule has 1 saturated heterocycles. The number of carboxylic acids is 1. The zero-order valence-corrected chi connectivity index (χ0v) is 11.4. The van der Waals surface area contributed by atoms with Crippen LogP contribution in [0.3, 0.4) is 0 Å². The van der Waals surface area contributed by atoms with E-state index in [1.165, 1.54) is 4.90 Å². The van der Waals surface area contributed by atoms with Crippen molar-refractivity contribution in [1.29, 1.82) is 0 Å². The van der Waals surface area contributed by atoms with Crippen LogP contribution in [0.15, 0.2) is 0 Å². The molecule has 1 saturated carbocycles. The summed E-state index contributed by atoms with van der Waals surface area (Å²) in [7, 11) is 0. The van der Waals surface area contributed by atoms with Crippen molar-refractivity contribution >= 4 is 17.9 Å². The molecule has 0 unspecified atom stereocenters. The first-order valence-electron chi connectivity index (χ1n) is 7.11. The molecule has 1 atom stereocenters. The molecule has 1 aliphatic heterocycles. The van der Waals surface area contributed by atoms with Gasteiger partial charge in [-0.15, -0.1) is 0 Å². The van der Waals surface area contributed by atoms with E-state index in [4.69, 9.17) is 5.11 Å². The lowest BCUT2D eigenvalue weighted by Crippen LogP contribution is -2.48. The van der Waals surface area contributed by atoms with E-state index >= 15 is 0 Å². The molecule has 0 aromatic rings.